The highest BCUT2D eigenvalue weighted by Gasteiger charge is 2.03. The molecule has 0 amide bonds. The lowest BCUT2D eigenvalue weighted by Gasteiger charge is -2.14. The van der Waals surface area contributed by atoms with E-state index in [9.17, 15) is 0 Å². The van der Waals surface area contributed by atoms with Crippen LogP contribution in [-0.4, -0.2) is 16.0 Å². The molecule has 1 heterocycles. The fourth-order valence-corrected chi connectivity index (χ4v) is 1.39. The van der Waals surface area contributed by atoms with E-state index in [4.69, 9.17) is 0 Å². The highest BCUT2D eigenvalue weighted by Crippen LogP contribution is 2.06. The van der Waals surface area contributed by atoms with Gasteiger partial charge in [0.2, 0.25) is 0 Å². The monoisotopic (exact) mass is 207 g/mol. The summed E-state index contributed by atoms with van der Waals surface area (Å²) in [5.41, 5.74) is 1.01. The molecule has 0 aliphatic heterocycles. The summed E-state index contributed by atoms with van der Waals surface area (Å²) in [6.07, 6.45) is 7.73. The molecule has 0 fully saturated rings. The van der Waals surface area contributed by atoms with Crippen molar-refractivity contribution in [2.24, 2.45) is 5.92 Å². The Morgan fingerprint density at radius 1 is 1.20 bits per heavy atom. The fourth-order valence-electron chi connectivity index (χ4n) is 1.39. The first-order chi connectivity index (χ1) is 7.18. The number of hydrogen-bond donors (Lipinski definition) is 1. The van der Waals surface area contributed by atoms with Crippen LogP contribution in [0.3, 0.4) is 0 Å². The average Bonchev–Trinajstić information content (AvgIpc) is 2.25. The molecule has 0 spiro atoms. The summed E-state index contributed by atoms with van der Waals surface area (Å²) >= 11 is 0. The molecule has 1 unspecified atom stereocenters. The summed E-state index contributed by atoms with van der Waals surface area (Å²) < 4.78 is 0. The van der Waals surface area contributed by atoms with Crippen LogP contribution in [0.25, 0.3) is 0 Å². The Morgan fingerprint density at radius 2 is 2.00 bits per heavy atom. The van der Waals surface area contributed by atoms with Crippen LogP contribution in [0.5, 0.6) is 0 Å². The summed E-state index contributed by atoms with van der Waals surface area (Å²) in [7, 11) is 0. The summed E-state index contributed by atoms with van der Waals surface area (Å²) in [6.45, 7) is 7.55. The van der Waals surface area contributed by atoms with Crippen LogP contribution in [0.15, 0.2) is 18.6 Å². The smallest absolute Gasteiger partial charge is 0.0724 e. The van der Waals surface area contributed by atoms with E-state index in [-0.39, 0.29) is 0 Å². The Labute approximate surface area is 92.3 Å². The van der Waals surface area contributed by atoms with E-state index in [1.807, 2.05) is 6.20 Å². The second-order valence-corrected chi connectivity index (χ2v) is 4.45. The van der Waals surface area contributed by atoms with Gasteiger partial charge < -0.3 is 5.32 Å². The minimum atomic E-state index is 0.550. The third-order valence-corrected chi connectivity index (χ3v) is 2.43. The van der Waals surface area contributed by atoms with Gasteiger partial charge >= 0.3 is 0 Å². The van der Waals surface area contributed by atoms with Crippen molar-refractivity contribution in [1.82, 2.24) is 15.3 Å². The summed E-state index contributed by atoms with van der Waals surface area (Å²) in [4.78, 5) is 8.26. The number of nitrogens with zero attached hydrogens (tertiary/aromatic N) is 2. The number of hydrogen-bond acceptors (Lipinski definition) is 3. The van der Waals surface area contributed by atoms with Gasteiger partial charge in [0, 0.05) is 31.2 Å². The number of aromatic nitrogens is 2. The predicted molar refractivity (Wildman–Crippen MR) is 62.4 cm³/mol. The quantitative estimate of drug-likeness (QED) is 0.778. The molecule has 0 aliphatic carbocycles. The van der Waals surface area contributed by atoms with Crippen molar-refractivity contribution in [3.63, 3.8) is 0 Å². The molecule has 1 aromatic rings. The lowest BCUT2D eigenvalue weighted by atomic mass is 10.0. The van der Waals surface area contributed by atoms with Crippen LogP contribution < -0.4 is 5.32 Å². The molecule has 1 rings (SSSR count). The normalized spacial score (nSPS) is 13.1. The van der Waals surface area contributed by atoms with Gasteiger partial charge in [0.25, 0.3) is 0 Å². The molecule has 0 bridgehead atoms. The van der Waals surface area contributed by atoms with E-state index >= 15 is 0 Å². The minimum Gasteiger partial charge on any atom is -0.309 e. The van der Waals surface area contributed by atoms with E-state index < -0.39 is 0 Å². The standard InChI is InChI=1S/C12H21N3/c1-10(2)4-5-11(3)15-9-12-8-13-6-7-14-12/h6-8,10-11,15H,4-5,9H2,1-3H3. The van der Waals surface area contributed by atoms with Gasteiger partial charge in [0.1, 0.15) is 0 Å². The van der Waals surface area contributed by atoms with Crippen LogP contribution in [0.4, 0.5) is 0 Å². The zero-order chi connectivity index (χ0) is 11.1. The van der Waals surface area contributed by atoms with E-state index in [2.05, 4.69) is 36.1 Å². The van der Waals surface area contributed by atoms with Crippen molar-refractivity contribution in [3.8, 4) is 0 Å². The van der Waals surface area contributed by atoms with E-state index in [0.29, 0.717) is 6.04 Å². The van der Waals surface area contributed by atoms with Crippen molar-refractivity contribution in [2.75, 3.05) is 0 Å². The minimum absolute atomic E-state index is 0.550. The SMILES string of the molecule is CC(C)CCC(C)NCc1cnccn1. The van der Waals surface area contributed by atoms with Crippen LogP contribution in [0.2, 0.25) is 0 Å². The highest BCUT2D eigenvalue weighted by molar-refractivity contribution is 4.93. The second-order valence-electron chi connectivity index (χ2n) is 4.45. The van der Waals surface area contributed by atoms with E-state index in [1.165, 1.54) is 12.8 Å². The topological polar surface area (TPSA) is 37.8 Å². The molecule has 15 heavy (non-hydrogen) atoms. The zero-order valence-corrected chi connectivity index (χ0v) is 9.90. The van der Waals surface area contributed by atoms with Gasteiger partial charge in [-0.3, -0.25) is 9.97 Å². The average molecular weight is 207 g/mol. The molecule has 84 valence electrons. The molecule has 1 aromatic heterocycles. The molecule has 0 aliphatic rings. The van der Waals surface area contributed by atoms with Crippen LogP contribution in [0, 0.1) is 5.92 Å². The first-order valence-corrected chi connectivity index (χ1v) is 5.66. The Morgan fingerprint density at radius 3 is 2.60 bits per heavy atom. The lowest BCUT2D eigenvalue weighted by molar-refractivity contribution is 0.448. The van der Waals surface area contributed by atoms with Crippen LogP contribution in [0.1, 0.15) is 39.3 Å². The fraction of sp³-hybridized carbons (Fsp3) is 0.667. The van der Waals surface area contributed by atoms with Crippen molar-refractivity contribution < 1.29 is 0 Å². The number of nitrogens with one attached hydrogen (secondary N) is 1. The van der Waals surface area contributed by atoms with Gasteiger partial charge in [-0.2, -0.15) is 0 Å². The first-order valence-electron chi connectivity index (χ1n) is 5.66. The molecule has 0 saturated carbocycles. The Bertz CT molecular complexity index is 259. The molecule has 0 radical (unpaired) electrons. The third-order valence-electron chi connectivity index (χ3n) is 2.43. The predicted octanol–water partition coefficient (Wildman–Crippen LogP) is 2.39. The molecule has 0 saturated heterocycles. The molecule has 1 N–H and O–H groups in total. The van der Waals surface area contributed by atoms with Crippen molar-refractivity contribution >= 4 is 0 Å². The van der Waals surface area contributed by atoms with Gasteiger partial charge in [0.15, 0.2) is 0 Å². The number of rotatable bonds is 6. The van der Waals surface area contributed by atoms with Crippen molar-refractivity contribution in [1.29, 1.82) is 0 Å². The van der Waals surface area contributed by atoms with Crippen molar-refractivity contribution in [2.45, 2.75) is 46.2 Å². The van der Waals surface area contributed by atoms with Gasteiger partial charge in [0.05, 0.1) is 5.69 Å². The van der Waals surface area contributed by atoms with Gasteiger partial charge in [-0.25, -0.2) is 0 Å². The summed E-state index contributed by atoms with van der Waals surface area (Å²) in [6, 6.07) is 0.550. The van der Waals surface area contributed by atoms with E-state index in [0.717, 1.165) is 18.2 Å². The maximum absolute atomic E-state index is 4.22. The second kappa shape index (κ2) is 6.51. The van der Waals surface area contributed by atoms with Gasteiger partial charge in [-0.05, 0) is 25.7 Å². The lowest BCUT2D eigenvalue weighted by Crippen LogP contribution is -2.26. The summed E-state index contributed by atoms with van der Waals surface area (Å²) in [5.74, 6) is 0.783. The third kappa shape index (κ3) is 5.47. The summed E-state index contributed by atoms with van der Waals surface area (Å²) in [5, 5.41) is 3.45. The molecule has 3 nitrogen and oxygen atoms in total. The highest BCUT2D eigenvalue weighted by atomic mass is 14.9. The maximum atomic E-state index is 4.22. The molecule has 3 heteroatoms. The van der Waals surface area contributed by atoms with Crippen LogP contribution >= 0.6 is 0 Å². The Hall–Kier alpha value is -0.960. The maximum Gasteiger partial charge on any atom is 0.0724 e. The molecule has 1 atom stereocenters. The zero-order valence-electron chi connectivity index (χ0n) is 9.90. The molecular weight excluding hydrogens is 186 g/mol. The molecule has 0 aromatic carbocycles. The first kappa shape index (κ1) is 12.1. The van der Waals surface area contributed by atoms with Gasteiger partial charge in [-0.15, -0.1) is 0 Å². The Balaban J connectivity index is 2.19. The van der Waals surface area contributed by atoms with Crippen LogP contribution in [-0.2, 0) is 6.54 Å². The Kier molecular flexibility index (Phi) is 5.26. The largest absolute Gasteiger partial charge is 0.309 e. The van der Waals surface area contributed by atoms with E-state index in [1.54, 1.807) is 12.4 Å². The van der Waals surface area contributed by atoms with Gasteiger partial charge in [-0.1, -0.05) is 13.8 Å². The molecular formula is C12H21N3. The van der Waals surface area contributed by atoms with Crippen molar-refractivity contribution in [3.05, 3.63) is 24.3 Å².